The Morgan fingerprint density at radius 3 is 2.58 bits per heavy atom. The molecule has 1 saturated heterocycles. The molecule has 1 aliphatic heterocycles. The van der Waals surface area contributed by atoms with Crippen LogP contribution in [0.2, 0.25) is 0 Å². The van der Waals surface area contributed by atoms with Crippen molar-refractivity contribution >= 4 is 35.6 Å². The van der Waals surface area contributed by atoms with Gasteiger partial charge in [-0.05, 0) is 38.3 Å². The van der Waals surface area contributed by atoms with Gasteiger partial charge in [0.15, 0.2) is 11.8 Å². The molecule has 2 aromatic rings. The monoisotopic (exact) mass is 539 g/mol. The van der Waals surface area contributed by atoms with E-state index in [2.05, 4.69) is 37.9 Å². The second-order valence-electron chi connectivity index (χ2n) is 8.26. The van der Waals surface area contributed by atoms with E-state index in [9.17, 15) is 0 Å². The molecule has 2 N–H and O–H groups in total. The lowest BCUT2D eigenvalue weighted by atomic mass is 10.2. The average Bonchev–Trinajstić information content (AvgIpc) is 3.50. The molecule has 2 aliphatic rings. The minimum atomic E-state index is 0. The van der Waals surface area contributed by atoms with Crippen LogP contribution in [0.25, 0.3) is 0 Å². The van der Waals surface area contributed by atoms with E-state index in [1.807, 2.05) is 30.7 Å². The van der Waals surface area contributed by atoms with Crippen molar-refractivity contribution in [2.75, 3.05) is 25.1 Å². The highest BCUT2D eigenvalue weighted by Gasteiger charge is 2.26. The zero-order valence-corrected chi connectivity index (χ0v) is 21.0. The first kappa shape index (κ1) is 23.6. The summed E-state index contributed by atoms with van der Waals surface area (Å²) in [5.74, 6) is 3.59. The van der Waals surface area contributed by atoms with E-state index in [-0.39, 0.29) is 24.0 Å². The number of aromatic nitrogens is 3. The SMILES string of the molecule is COc1ccccc1N1CCC(NC(=NCc2nnc(C)n2C)NC2CCCC2)C1.I. The zero-order valence-electron chi connectivity index (χ0n) is 18.7. The second kappa shape index (κ2) is 11.0. The summed E-state index contributed by atoms with van der Waals surface area (Å²) in [6, 6.07) is 9.07. The number of benzene rings is 1. The number of nitrogens with one attached hydrogen (secondary N) is 2. The molecule has 170 valence electrons. The van der Waals surface area contributed by atoms with Crippen LogP contribution in [0.3, 0.4) is 0 Å². The van der Waals surface area contributed by atoms with Crippen LogP contribution < -0.4 is 20.3 Å². The predicted octanol–water partition coefficient (Wildman–Crippen LogP) is 3.01. The number of rotatable bonds is 6. The van der Waals surface area contributed by atoms with E-state index < -0.39 is 0 Å². The van der Waals surface area contributed by atoms with Crippen LogP contribution in [0.5, 0.6) is 5.75 Å². The third-order valence-electron chi connectivity index (χ3n) is 6.21. The van der Waals surface area contributed by atoms with E-state index in [0.29, 0.717) is 18.6 Å². The van der Waals surface area contributed by atoms with Gasteiger partial charge in [-0.2, -0.15) is 0 Å². The predicted molar refractivity (Wildman–Crippen MR) is 134 cm³/mol. The molecule has 4 rings (SSSR count). The number of methoxy groups -OCH3 is 1. The first-order chi connectivity index (χ1) is 14.6. The van der Waals surface area contributed by atoms with Gasteiger partial charge in [-0.25, -0.2) is 4.99 Å². The van der Waals surface area contributed by atoms with Gasteiger partial charge in [0.2, 0.25) is 0 Å². The summed E-state index contributed by atoms with van der Waals surface area (Å²) in [6.07, 6.45) is 6.06. The number of hydrogen-bond donors (Lipinski definition) is 2. The average molecular weight is 539 g/mol. The minimum absolute atomic E-state index is 0. The van der Waals surface area contributed by atoms with Crippen LogP contribution in [-0.2, 0) is 13.6 Å². The van der Waals surface area contributed by atoms with Crippen molar-refractivity contribution in [3.8, 4) is 5.75 Å². The summed E-state index contributed by atoms with van der Waals surface area (Å²) >= 11 is 0. The molecule has 1 aromatic carbocycles. The molecule has 1 atom stereocenters. The summed E-state index contributed by atoms with van der Waals surface area (Å²) in [7, 11) is 3.72. The Bertz CT molecular complexity index is 878. The van der Waals surface area contributed by atoms with E-state index in [0.717, 1.165) is 48.6 Å². The molecule has 1 aromatic heterocycles. The van der Waals surface area contributed by atoms with Crippen molar-refractivity contribution in [2.45, 2.75) is 57.7 Å². The fourth-order valence-corrected chi connectivity index (χ4v) is 4.32. The van der Waals surface area contributed by atoms with Crippen LogP contribution in [0.1, 0.15) is 43.8 Å². The number of guanidine groups is 1. The molecule has 1 saturated carbocycles. The highest BCUT2D eigenvalue weighted by molar-refractivity contribution is 14.0. The topological polar surface area (TPSA) is 79.6 Å². The molecule has 0 amide bonds. The highest BCUT2D eigenvalue weighted by atomic mass is 127. The van der Waals surface area contributed by atoms with Crippen LogP contribution in [0.4, 0.5) is 5.69 Å². The van der Waals surface area contributed by atoms with E-state index in [4.69, 9.17) is 9.73 Å². The van der Waals surface area contributed by atoms with Gasteiger partial charge < -0.3 is 24.8 Å². The van der Waals surface area contributed by atoms with Gasteiger partial charge in [-0.3, -0.25) is 0 Å². The number of nitrogens with zero attached hydrogens (tertiary/aromatic N) is 5. The fraction of sp³-hybridized carbons (Fsp3) is 0.591. The number of ether oxygens (including phenoxy) is 1. The number of hydrogen-bond acceptors (Lipinski definition) is 5. The van der Waals surface area contributed by atoms with Crippen LogP contribution in [-0.4, -0.2) is 53.0 Å². The first-order valence-electron chi connectivity index (χ1n) is 10.9. The number of anilines is 1. The van der Waals surface area contributed by atoms with Crippen LogP contribution in [0.15, 0.2) is 29.3 Å². The largest absolute Gasteiger partial charge is 0.495 e. The number of aryl methyl sites for hydroxylation is 1. The van der Waals surface area contributed by atoms with E-state index in [1.54, 1.807) is 7.11 Å². The summed E-state index contributed by atoms with van der Waals surface area (Å²) < 4.78 is 7.55. The Morgan fingerprint density at radius 1 is 1.13 bits per heavy atom. The highest BCUT2D eigenvalue weighted by Crippen LogP contribution is 2.30. The summed E-state index contributed by atoms with van der Waals surface area (Å²) in [4.78, 5) is 7.24. The minimum Gasteiger partial charge on any atom is -0.495 e. The van der Waals surface area contributed by atoms with Crippen molar-refractivity contribution in [1.82, 2.24) is 25.4 Å². The molecular formula is C22H34IN7O. The summed E-state index contributed by atoms with van der Waals surface area (Å²) in [5, 5.41) is 15.7. The maximum Gasteiger partial charge on any atom is 0.192 e. The van der Waals surface area contributed by atoms with E-state index >= 15 is 0 Å². The molecule has 0 bridgehead atoms. The van der Waals surface area contributed by atoms with Gasteiger partial charge in [0, 0.05) is 32.2 Å². The Kier molecular flexibility index (Phi) is 8.39. The third kappa shape index (κ3) is 5.81. The normalized spacial score (nSPS) is 19.4. The van der Waals surface area contributed by atoms with Gasteiger partial charge in [0.25, 0.3) is 0 Å². The Hall–Kier alpha value is -2.04. The lowest BCUT2D eigenvalue weighted by molar-refractivity contribution is 0.415. The van der Waals surface area contributed by atoms with Crippen molar-refractivity contribution in [2.24, 2.45) is 12.0 Å². The van der Waals surface area contributed by atoms with Gasteiger partial charge >= 0.3 is 0 Å². The summed E-state index contributed by atoms with van der Waals surface area (Å²) in [6.45, 7) is 4.40. The molecule has 31 heavy (non-hydrogen) atoms. The Morgan fingerprint density at radius 2 is 1.87 bits per heavy atom. The maximum atomic E-state index is 5.55. The molecule has 0 radical (unpaired) electrons. The quantitative estimate of drug-likeness (QED) is 0.334. The molecule has 0 spiro atoms. The van der Waals surface area contributed by atoms with Gasteiger partial charge in [0.1, 0.15) is 18.1 Å². The molecule has 2 heterocycles. The smallest absolute Gasteiger partial charge is 0.192 e. The molecule has 8 nitrogen and oxygen atoms in total. The maximum absolute atomic E-state index is 5.55. The number of para-hydroxylation sites is 2. The number of halogens is 1. The summed E-state index contributed by atoms with van der Waals surface area (Å²) in [5.41, 5.74) is 1.15. The van der Waals surface area contributed by atoms with Crippen molar-refractivity contribution in [3.63, 3.8) is 0 Å². The lowest BCUT2D eigenvalue weighted by Gasteiger charge is -2.23. The standard InChI is InChI=1S/C22H33N7O.HI/c1-16-26-27-21(28(16)2)14-23-22(24-17-8-4-5-9-17)25-18-12-13-29(15-18)19-10-6-7-11-20(19)30-3;/h6-7,10-11,17-18H,4-5,8-9,12-15H2,1-3H3,(H2,23,24,25);1H. The zero-order chi connectivity index (χ0) is 20.9. The molecule has 2 fully saturated rings. The van der Waals surface area contributed by atoms with E-state index in [1.165, 1.54) is 25.7 Å². The van der Waals surface area contributed by atoms with Crippen molar-refractivity contribution < 1.29 is 4.74 Å². The van der Waals surface area contributed by atoms with Crippen LogP contribution >= 0.6 is 24.0 Å². The molecule has 9 heteroatoms. The lowest BCUT2D eigenvalue weighted by Crippen LogP contribution is -2.47. The molecular weight excluding hydrogens is 505 g/mol. The third-order valence-corrected chi connectivity index (χ3v) is 6.21. The number of aliphatic imine (C=N–C) groups is 1. The first-order valence-corrected chi connectivity index (χ1v) is 10.9. The van der Waals surface area contributed by atoms with Crippen molar-refractivity contribution in [1.29, 1.82) is 0 Å². The second-order valence-corrected chi connectivity index (χ2v) is 8.26. The Balaban J connectivity index is 0.00000272. The van der Waals surface area contributed by atoms with Gasteiger partial charge in [0.05, 0.1) is 12.8 Å². The molecule has 1 unspecified atom stereocenters. The Labute approximate surface area is 201 Å². The fourth-order valence-electron chi connectivity index (χ4n) is 4.32. The van der Waals surface area contributed by atoms with Crippen LogP contribution in [0, 0.1) is 6.92 Å². The van der Waals surface area contributed by atoms with Gasteiger partial charge in [-0.1, -0.05) is 25.0 Å². The van der Waals surface area contributed by atoms with Gasteiger partial charge in [-0.15, -0.1) is 34.2 Å². The van der Waals surface area contributed by atoms with Crippen molar-refractivity contribution in [3.05, 3.63) is 35.9 Å². The molecule has 1 aliphatic carbocycles.